The number of benzene rings is 2. The molecule has 0 saturated heterocycles. The molecule has 0 radical (unpaired) electrons. The van der Waals surface area contributed by atoms with Crippen molar-refractivity contribution in [3.05, 3.63) is 76.9 Å². The van der Waals surface area contributed by atoms with Crippen LogP contribution in [0.2, 0.25) is 0 Å². The Morgan fingerprint density at radius 3 is 2.76 bits per heavy atom. The Balaban J connectivity index is 1.30. The van der Waals surface area contributed by atoms with E-state index in [1.807, 2.05) is 42.3 Å². The molecule has 4 aliphatic rings. The van der Waals surface area contributed by atoms with E-state index in [2.05, 4.69) is 20.4 Å². The summed E-state index contributed by atoms with van der Waals surface area (Å²) in [4.78, 5) is 24.3. The second-order valence-electron chi connectivity index (χ2n) is 10.5. The minimum absolute atomic E-state index is 0.0173. The molecule has 37 heavy (non-hydrogen) atoms. The summed E-state index contributed by atoms with van der Waals surface area (Å²) in [6.07, 6.45) is -1.26. The molecule has 5 heterocycles. The van der Waals surface area contributed by atoms with Gasteiger partial charge in [0.25, 0.3) is 5.91 Å². The van der Waals surface area contributed by atoms with Crippen molar-refractivity contribution in [1.29, 1.82) is 0 Å². The first-order valence-electron chi connectivity index (χ1n) is 12.5. The van der Waals surface area contributed by atoms with E-state index in [4.69, 9.17) is 4.98 Å². The average molecular weight is 501 g/mol. The molecular weight excluding hydrogens is 478 g/mol. The molecule has 4 aromatic rings. The minimum Gasteiger partial charge on any atom is -0.428 e. The van der Waals surface area contributed by atoms with Crippen molar-refractivity contribution in [2.24, 2.45) is 0 Å². The Labute approximate surface area is 210 Å². The first-order chi connectivity index (χ1) is 17.8. The highest BCUT2D eigenvalue weighted by Crippen LogP contribution is 2.52. The van der Waals surface area contributed by atoms with Gasteiger partial charge in [0.15, 0.2) is 5.75 Å². The predicted octanol–water partition coefficient (Wildman–Crippen LogP) is 5.11. The van der Waals surface area contributed by atoms with Crippen molar-refractivity contribution in [3.63, 3.8) is 0 Å². The first-order valence-corrected chi connectivity index (χ1v) is 12.5. The minimum atomic E-state index is -3.70. The Morgan fingerprint density at radius 1 is 1.11 bits per heavy atom. The number of pyridine rings is 1. The van der Waals surface area contributed by atoms with Gasteiger partial charge in [0.1, 0.15) is 11.5 Å². The van der Waals surface area contributed by atoms with Crippen molar-refractivity contribution in [2.45, 2.75) is 49.5 Å². The number of imidazole rings is 1. The number of carbonyl (C=O) groups is 1. The molecule has 2 bridgehead atoms. The number of carbonyl (C=O) groups excluding carboxylic acids is 1. The number of rotatable bonds is 2. The largest absolute Gasteiger partial charge is 0.430 e. The van der Waals surface area contributed by atoms with Gasteiger partial charge in [0.2, 0.25) is 6.10 Å². The molecule has 3 atom stereocenters. The maximum absolute atomic E-state index is 13.9. The van der Waals surface area contributed by atoms with Crippen LogP contribution in [0.5, 0.6) is 5.75 Å². The predicted molar refractivity (Wildman–Crippen MR) is 130 cm³/mol. The summed E-state index contributed by atoms with van der Waals surface area (Å²) in [6, 6.07) is 13.2. The van der Waals surface area contributed by atoms with E-state index in [1.54, 1.807) is 0 Å². The monoisotopic (exact) mass is 500 g/mol. The Hall–Kier alpha value is -3.85. The third kappa shape index (κ3) is 2.80. The van der Waals surface area contributed by atoms with E-state index in [9.17, 15) is 18.7 Å². The number of alkyl halides is 2. The van der Waals surface area contributed by atoms with Crippen LogP contribution in [0, 0.1) is 0 Å². The van der Waals surface area contributed by atoms with E-state index in [0.29, 0.717) is 11.5 Å². The molecule has 0 spiro atoms. The van der Waals surface area contributed by atoms with Gasteiger partial charge in [-0.1, -0.05) is 18.2 Å². The molecule has 1 amide bonds. The average Bonchev–Trinajstić information content (AvgIpc) is 3.54. The summed E-state index contributed by atoms with van der Waals surface area (Å²) >= 11 is 0. The van der Waals surface area contributed by atoms with E-state index >= 15 is 0 Å². The van der Waals surface area contributed by atoms with Gasteiger partial charge >= 0.3 is 6.11 Å². The number of amides is 1. The molecule has 2 aromatic carbocycles. The van der Waals surface area contributed by atoms with Crippen molar-refractivity contribution < 1.29 is 23.4 Å². The van der Waals surface area contributed by atoms with Gasteiger partial charge in [-0.05, 0) is 59.7 Å². The molecule has 1 fully saturated rings. The quantitative estimate of drug-likeness (QED) is 0.414. The fourth-order valence-corrected chi connectivity index (χ4v) is 6.34. The second-order valence-corrected chi connectivity index (χ2v) is 10.5. The Bertz CT molecular complexity index is 1660. The summed E-state index contributed by atoms with van der Waals surface area (Å²) < 4.78 is 34.7. The second kappa shape index (κ2) is 6.92. The Morgan fingerprint density at radius 2 is 1.95 bits per heavy atom. The number of halogens is 2. The molecule has 2 aromatic heterocycles. The van der Waals surface area contributed by atoms with Crippen molar-refractivity contribution in [3.8, 4) is 16.9 Å². The zero-order chi connectivity index (χ0) is 25.2. The molecular formula is C28H22F2N4O3. The molecule has 1 unspecified atom stereocenters. The normalized spacial score (nSPS) is 25.0. The summed E-state index contributed by atoms with van der Waals surface area (Å²) in [5, 5.41) is 9.81. The fraction of sp³-hybridized carbons (Fsp3) is 0.321. The standard InChI is InChI=1S/C28H22F2N4O3/c1-33-21-11-20(23-16(13-5-6-13)3-2-4-17(23)27(33)36)34-19-9-14(7-8-18(19)32-26(21)34)15-10-22-24(31-12-15)25(35)28(29,30)37-22/h2-4,7-10,12-13,20-21,25,35H,5-6,11H2,1H3/t20-,21-,25?/m1/s1. The molecule has 8 rings (SSSR count). The molecule has 1 N–H and O–H groups in total. The number of ether oxygens (including phenoxy) is 1. The van der Waals surface area contributed by atoms with Gasteiger partial charge in [-0.15, -0.1) is 0 Å². The smallest absolute Gasteiger partial charge is 0.428 e. The number of hydrogen-bond acceptors (Lipinski definition) is 5. The van der Waals surface area contributed by atoms with Crippen LogP contribution in [0.3, 0.4) is 0 Å². The number of aromatic nitrogens is 3. The van der Waals surface area contributed by atoms with Gasteiger partial charge in [-0.2, -0.15) is 8.78 Å². The highest BCUT2D eigenvalue weighted by atomic mass is 19.3. The lowest BCUT2D eigenvalue weighted by Crippen LogP contribution is -2.30. The van der Waals surface area contributed by atoms with E-state index in [-0.39, 0.29) is 29.4 Å². The molecule has 3 aliphatic heterocycles. The zero-order valence-electron chi connectivity index (χ0n) is 19.9. The van der Waals surface area contributed by atoms with Crippen molar-refractivity contribution >= 4 is 16.9 Å². The number of aliphatic hydroxyl groups excluding tert-OH is 1. The van der Waals surface area contributed by atoms with Crippen LogP contribution in [-0.4, -0.2) is 43.6 Å². The summed E-state index contributed by atoms with van der Waals surface area (Å²) in [5.74, 6) is 1.27. The van der Waals surface area contributed by atoms with Gasteiger partial charge in [-0.3, -0.25) is 9.78 Å². The highest BCUT2D eigenvalue weighted by molar-refractivity contribution is 5.97. The van der Waals surface area contributed by atoms with E-state index in [0.717, 1.165) is 52.8 Å². The maximum Gasteiger partial charge on any atom is 0.430 e. The number of nitrogens with zero attached hydrogens (tertiary/aromatic N) is 4. The fourth-order valence-electron chi connectivity index (χ4n) is 6.34. The summed E-state index contributed by atoms with van der Waals surface area (Å²) in [5.41, 5.74) is 6.08. The Kier molecular flexibility index (Phi) is 3.97. The van der Waals surface area contributed by atoms with Crippen LogP contribution in [0.1, 0.15) is 76.4 Å². The summed E-state index contributed by atoms with van der Waals surface area (Å²) in [6.45, 7) is 0. The van der Waals surface area contributed by atoms with Gasteiger partial charge in [0, 0.05) is 30.8 Å². The number of hydrogen-bond donors (Lipinski definition) is 1. The van der Waals surface area contributed by atoms with Crippen LogP contribution in [-0.2, 0) is 0 Å². The third-order valence-corrected chi connectivity index (χ3v) is 8.32. The van der Waals surface area contributed by atoms with Crippen LogP contribution in [0.25, 0.3) is 22.2 Å². The lowest BCUT2D eigenvalue weighted by molar-refractivity contribution is -0.224. The van der Waals surface area contributed by atoms with Crippen molar-refractivity contribution in [2.75, 3.05) is 7.05 Å². The highest BCUT2D eigenvalue weighted by Gasteiger charge is 2.51. The number of fused-ring (bicyclic) bond motifs is 10. The summed E-state index contributed by atoms with van der Waals surface area (Å²) in [7, 11) is 1.85. The van der Waals surface area contributed by atoms with Crippen LogP contribution in [0.15, 0.2) is 48.7 Å². The van der Waals surface area contributed by atoms with Gasteiger partial charge in [0.05, 0.1) is 23.1 Å². The van der Waals surface area contributed by atoms with E-state index < -0.39 is 12.2 Å². The lowest BCUT2D eigenvalue weighted by atomic mass is 9.91. The van der Waals surface area contributed by atoms with Gasteiger partial charge in [-0.25, -0.2) is 4.98 Å². The SMILES string of the molecule is CN1C(=O)c2cccc(C3CC3)c2[C@H]2C[C@@H]1c1nc3ccc(-c4cnc5c(c4)OC(F)(F)C5O)cc3n12. The molecule has 9 heteroatoms. The van der Waals surface area contributed by atoms with E-state index in [1.165, 1.54) is 17.8 Å². The van der Waals surface area contributed by atoms with Crippen LogP contribution in [0.4, 0.5) is 8.78 Å². The van der Waals surface area contributed by atoms with Crippen LogP contribution < -0.4 is 4.74 Å². The topological polar surface area (TPSA) is 80.5 Å². The first kappa shape index (κ1) is 21.3. The zero-order valence-corrected chi connectivity index (χ0v) is 19.9. The van der Waals surface area contributed by atoms with Crippen molar-refractivity contribution in [1.82, 2.24) is 19.4 Å². The number of aliphatic hydroxyl groups is 1. The van der Waals surface area contributed by atoms with Gasteiger partial charge < -0.3 is 19.3 Å². The van der Waals surface area contributed by atoms with Crippen LogP contribution >= 0.6 is 0 Å². The molecule has 1 saturated carbocycles. The molecule has 186 valence electrons. The maximum atomic E-state index is 13.9. The lowest BCUT2D eigenvalue weighted by Gasteiger charge is -2.25. The molecule has 1 aliphatic carbocycles. The third-order valence-electron chi connectivity index (χ3n) is 8.32. The molecule has 7 nitrogen and oxygen atoms in total.